The van der Waals surface area contributed by atoms with E-state index in [0.717, 1.165) is 5.56 Å². The Morgan fingerprint density at radius 2 is 1.83 bits per heavy atom. The van der Waals surface area contributed by atoms with Gasteiger partial charge in [0.15, 0.2) is 5.78 Å². The van der Waals surface area contributed by atoms with Crippen molar-refractivity contribution in [1.29, 1.82) is 0 Å². The first-order valence-electron chi connectivity index (χ1n) is 7.09. The SMILES string of the molecule is CC(=O)c1c(O)n(Cc2ccccc2)c(=O)c2cc(Cl)ccc12. The van der Waals surface area contributed by atoms with E-state index < -0.39 is 0 Å². The second kappa shape index (κ2) is 5.89. The highest BCUT2D eigenvalue weighted by Gasteiger charge is 2.19. The normalized spacial score (nSPS) is 10.9. The number of aromatic hydroxyl groups is 1. The molecule has 0 spiro atoms. The number of pyridine rings is 1. The van der Waals surface area contributed by atoms with Gasteiger partial charge in [0.05, 0.1) is 12.1 Å². The fraction of sp³-hybridized carbons (Fsp3) is 0.111. The third kappa shape index (κ3) is 2.73. The molecule has 1 aromatic heterocycles. The van der Waals surface area contributed by atoms with Gasteiger partial charge in [-0.15, -0.1) is 0 Å². The van der Waals surface area contributed by atoms with Crippen molar-refractivity contribution in [1.82, 2.24) is 4.57 Å². The summed E-state index contributed by atoms with van der Waals surface area (Å²) in [5.41, 5.74) is 0.599. The van der Waals surface area contributed by atoms with Gasteiger partial charge >= 0.3 is 0 Å². The van der Waals surface area contributed by atoms with Crippen molar-refractivity contribution in [2.24, 2.45) is 0 Å². The van der Waals surface area contributed by atoms with E-state index in [4.69, 9.17) is 11.6 Å². The Morgan fingerprint density at radius 1 is 1.13 bits per heavy atom. The molecule has 0 unspecified atom stereocenters. The van der Waals surface area contributed by atoms with Gasteiger partial charge in [-0.05, 0) is 24.6 Å². The molecule has 1 heterocycles. The number of carbonyl (C=O) groups is 1. The molecular formula is C18H14ClNO3. The van der Waals surface area contributed by atoms with E-state index in [2.05, 4.69) is 0 Å². The summed E-state index contributed by atoms with van der Waals surface area (Å²) in [5, 5.41) is 11.6. The van der Waals surface area contributed by atoms with Crippen LogP contribution in [0.2, 0.25) is 5.02 Å². The van der Waals surface area contributed by atoms with Crippen LogP contribution in [0.1, 0.15) is 22.8 Å². The molecular weight excluding hydrogens is 314 g/mol. The zero-order valence-electron chi connectivity index (χ0n) is 12.4. The van der Waals surface area contributed by atoms with Crippen molar-refractivity contribution in [3.05, 3.63) is 75.0 Å². The quantitative estimate of drug-likeness (QED) is 0.748. The molecule has 0 saturated heterocycles. The maximum atomic E-state index is 12.7. The minimum absolute atomic E-state index is 0.132. The Hall–Kier alpha value is -2.59. The molecule has 0 atom stereocenters. The van der Waals surface area contributed by atoms with Crippen LogP contribution in [0.15, 0.2) is 53.3 Å². The summed E-state index contributed by atoms with van der Waals surface area (Å²) in [5.74, 6) is -0.627. The molecule has 4 nitrogen and oxygen atoms in total. The summed E-state index contributed by atoms with van der Waals surface area (Å²) in [6, 6.07) is 14.0. The van der Waals surface area contributed by atoms with Crippen LogP contribution >= 0.6 is 11.6 Å². The van der Waals surface area contributed by atoms with Crippen molar-refractivity contribution in [2.45, 2.75) is 13.5 Å². The number of hydrogen-bond acceptors (Lipinski definition) is 3. The van der Waals surface area contributed by atoms with E-state index in [-0.39, 0.29) is 29.3 Å². The maximum absolute atomic E-state index is 12.7. The third-order valence-electron chi connectivity index (χ3n) is 3.74. The lowest BCUT2D eigenvalue weighted by atomic mass is 10.0. The Morgan fingerprint density at radius 3 is 2.48 bits per heavy atom. The molecule has 0 radical (unpaired) electrons. The molecule has 3 aromatic rings. The summed E-state index contributed by atoms with van der Waals surface area (Å²) in [4.78, 5) is 24.7. The minimum atomic E-state index is -0.381. The second-order valence-corrected chi connectivity index (χ2v) is 5.76. The summed E-state index contributed by atoms with van der Waals surface area (Å²) >= 11 is 5.98. The van der Waals surface area contributed by atoms with Gasteiger partial charge in [0, 0.05) is 15.8 Å². The minimum Gasteiger partial charge on any atom is -0.494 e. The lowest BCUT2D eigenvalue weighted by Gasteiger charge is -2.14. The third-order valence-corrected chi connectivity index (χ3v) is 3.98. The Labute approximate surface area is 137 Å². The first kappa shape index (κ1) is 15.3. The van der Waals surface area contributed by atoms with Gasteiger partial charge in [0.1, 0.15) is 0 Å². The summed E-state index contributed by atoms with van der Waals surface area (Å²) in [6.07, 6.45) is 0. The number of ketones is 1. The molecule has 0 bridgehead atoms. The van der Waals surface area contributed by atoms with Gasteiger partial charge < -0.3 is 5.11 Å². The Bertz CT molecular complexity index is 961. The molecule has 3 rings (SSSR count). The van der Waals surface area contributed by atoms with E-state index in [1.54, 1.807) is 12.1 Å². The van der Waals surface area contributed by atoms with Crippen molar-refractivity contribution in [3.63, 3.8) is 0 Å². The first-order valence-corrected chi connectivity index (χ1v) is 7.46. The van der Waals surface area contributed by atoms with E-state index in [9.17, 15) is 14.7 Å². The molecule has 0 aliphatic carbocycles. The number of fused-ring (bicyclic) bond motifs is 1. The van der Waals surface area contributed by atoms with Crippen LogP contribution in [0.25, 0.3) is 10.8 Å². The van der Waals surface area contributed by atoms with Crippen LogP contribution in [0, 0.1) is 0 Å². The number of halogens is 1. The van der Waals surface area contributed by atoms with E-state index in [1.165, 1.54) is 17.6 Å². The standard InChI is InChI=1S/C18H14ClNO3/c1-11(21)16-14-8-7-13(19)9-15(14)17(22)20(18(16)23)10-12-5-3-2-4-6-12/h2-9,23H,10H2,1H3. The number of hydrogen-bond donors (Lipinski definition) is 1. The van der Waals surface area contributed by atoms with Gasteiger partial charge in [-0.2, -0.15) is 0 Å². The molecule has 2 aromatic carbocycles. The zero-order chi connectivity index (χ0) is 16.6. The topological polar surface area (TPSA) is 59.3 Å². The van der Waals surface area contributed by atoms with Crippen LogP contribution in [-0.2, 0) is 6.54 Å². The summed E-state index contributed by atoms with van der Waals surface area (Å²) in [7, 11) is 0. The Balaban J connectivity index is 2.33. The van der Waals surface area contributed by atoms with Crippen LogP contribution in [0.4, 0.5) is 0 Å². The number of carbonyl (C=O) groups excluding carboxylic acids is 1. The largest absolute Gasteiger partial charge is 0.494 e. The monoisotopic (exact) mass is 327 g/mol. The maximum Gasteiger partial charge on any atom is 0.261 e. The lowest BCUT2D eigenvalue weighted by molar-refractivity contribution is 0.101. The number of Topliss-reactive ketones (excluding diaryl/α,β-unsaturated/α-hetero) is 1. The number of aromatic nitrogens is 1. The summed E-state index contributed by atoms with van der Waals surface area (Å²) < 4.78 is 1.20. The van der Waals surface area contributed by atoms with Gasteiger partial charge in [-0.1, -0.05) is 48.0 Å². The average molecular weight is 328 g/mol. The van der Waals surface area contributed by atoms with Crippen LogP contribution in [0.5, 0.6) is 5.88 Å². The van der Waals surface area contributed by atoms with Gasteiger partial charge in [0.25, 0.3) is 5.56 Å². The van der Waals surface area contributed by atoms with Gasteiger partial charge in [-0.25, -0.2) is 0 Å². The highest BCUT2D eigenvalue weighted by atomic mass is 35.5. The molecule has 0 aliphatic heterocycles. The number of benzene rings is 2. The molecule has 116 valence electrons. The smallest absolute Gasteiger partial charge is 0.261 e. The molecule has 5 heteroatoms. The second-order valence-electron chi connectivity index (χ2n) is 5.32. The number of nitrogens with zero attached hydrogens (tertiary/aromatic N) is 1. The molecule has 0 fully saturated rings. The zero-order valence-corrected chi connectivity index (χ0v) is 13.2. The van der Waals surface area contributed by atoms with E-state index >= 15 is 0 Å². The van der Waals surface area contributed by atoms with E-state index in [0.29, 0.717) is 15.8 Å². The summed E-state index contributed by atoms with van der Waals surface area (Å²) in [6.45, 7) is 1.54. The molecule has 1 N–H and O–H groups in total. The molecule has 0 amide bonds. The first-order chi connectivity index (χ1) is 11.0. The van der Waals surface area contributed by atoms with Gasteiger partial charge in [-0.3, -0.25) is 14.2 Å². The number of rotatable bonds is 3. The highest BCUT2D eigenvalue weighted by molar-refractivity contribution is 6.31. The Kier molecular flexibility index (Phi) is 3.92. The van der Waals surface area contributed by atoms with Gasteiger partial charge in [0.2, 0.25) is 5.88 Å². The lowest BCUT2D eigenvalue weighted by Crippen LogP contribution is -2.23. The molecule has 0 saturated carbocycles. The van der Waals surface area contributed by atoms with Crippen molar-refractivity contribution >= 4 is 28.2 Å². The molecule has 0 aliphatic rings. The predicted molar refractivity (Wildman–Crippen MR) is 90.4 cm³/mol. The fourth-order valence-corrected chi connectivity index (χ4v) is 2.84. The predicted octanol–water partition coefficient (Wildman–Crippen LogP) is 3.61. The van der Waals surface area contributed by atoms with Crippen LogP contribution in [-0.4, -0.2) is 15.5 Å². The van der Waals surface area contributed by atoms with Crippen molar-refractivity contribution in [3.8, 4) is 5.88 Å². The fourth-order valence-electron chi connectivity index (χ4n) is 2.67. The average Bonchev–Trinajstić information content (AvgIpc) is 2.53. The van der Waals surface area contributed by atoms with Crippen LogP contribution in [0.3, 0.4) is 0 Å². The highest BCUT2D eigenvalue weighted by Crippen LogP contribution is 2.27. The van der Waals surface area contributed by atoms with Crippen molar-refractivity contribution in [2.75, 3.05) is 0 Å². The van der Waals surface area contributed by atoms with E-state index in [1.807, 2.05) is 30.3 Å². The molecule has 23 heavy (non-hydrogen) atoms. The van der Waals surface area contributed by atoms with Crippen molar-refractivity contribution < 1.29 is 9.90 Å². The van der Waals surface area contributed by atoms with Crippen LogP contribution < -0.4 is 5.56 Å².